The molecule has 1 aliphatic rings. The van der Waals surface area contributed by atoms with E-state index in [1.165, 1.54) is 0 Å². The summed E-state index contributed by atoms with van der Waals surface area (Å²) in [6, 6.07) is 20.3. The Morgan fingerprint density at radius 1 is 0.632 bits per heavy atom. The van der Waals surface area contributed by atoms with Gasteiger partial charge in [-0.25, -0.2) is 9.78 Å². The van der Waals surface area contributed by atoms with Crippen molar-refractivity contribution in [3.63, 3.8) is 0 Å². The van der Waals surface area contributed by atoms with E-state index in [1.807, 2.05) is 60.7 Å². The van der Waals surface area contributed by atoms with Gasteiger partial charge < -0.3 is 5.32 Å². The highest BCUT2D eigenvalue weighted by Gasteiger charge is 1.95. The van der Waals surface area contributed by atoms with E-state index in [0.717, 1.165) is 37.4 Å². The van der Waals surface area contributed by atoms with Crippen molar-refractivity contribution in [2.45, 2.75) is 12.8 Å². The first-order valence-electron chi connectivity index (χ1n) is 6.57. The highest BCUT2D eigenvalue weighted by atomic mass is 17.2. The van der Waals surface area contributed by atoms with Crippen molar-refractivity contribution in [2.24, 2.45) is 0 Å². The summed E-state index contributed by atoms with van der Waals surface area (Å²) >= 11 is 0. The summed E-state index contributed by atoms with van der Waals surface area (Å²) in [7, 11) is 0. The summed E-state index contributed by atoms with van der Waals surface area (Å²) in [5, 5.41) is 3.30. The van der Waals surface area contributed by atoms with E-state index in [9.17, 15) is 0 Å². The maximum absolute atomic E-state index is 4.57. The molecule has 2 aromatic rings. The molecule has 1 saturated heterocycles. The molecule has 1 N–H and O–H groups in total. The standard InChI is InChI=1S/C12H11N.C4H8O2/c1-3-7-11(8-4-1)13-12-9-5-2-6-10-12;1-2-4-6-5-3-1/h1-10,13H;1-4H2. The Bertz CT molecular complexity index is 392. The van der Waals surface area contributed by atoms with Crippen LogP contribution in [0, 0.1) is 0 Å². The van der Waals surface area contributed by atoms with Crippen molar-refractivity contribution in [3.05, 3.63) is 60.7 Å². The van der Waals surface area contributed by atoms with Gasteiger partial charge in [0.25, 0.3) is 0 Å². The quantitative estimate of drug-likeness (QED) is 0.819. The van der Waals surface area contributed by atoms with Crippen molar-refractivity contribution >= 4 is 11.4 Å². The van der Waals surface area contributed by atoms with Crippen LogP contribution < -0.4 is 5.32 Å². The zero-order valence-electron chi connectivity index (χ0n) is 10.9. The summed E-state index contributed by atoms with van der Waals surface area (Å²) in [5.74, 6) is 0. The SMILES string of the molecule is C1CCOOC1.c1ccc(Nc2ccccc2)cc1. The molecule has 2 aromatic carbocycles. The zero-order chi connectivity index (χ0) is 13.2. The second-order valence-corrected chi connectivity index (χ2v) is 4.21. The molecule has 0 unspecified atom stereocenters. The Labute approximate surface area is 114 Å². The Hall–Kier alpha value is -1.84. The van der Waals surface area contributed by atoms with Gasteiger partial charge in [0, 0.05) is 11.4 Å². The fraction of sp³-hybridized carbons (Fsp3) is 0.250. The maximum atomic E-state index is 4.57. The molecule has 0 bridgehead atoms. The van der Waals surface area contributed by atoms with Crippen molar-refractivity contribution in [2.75, 3.05) is 18.5 Å². The molecule has 0 radical (unpaired) electrons. The monoisotopic (exact) mass is 257 g/mol. The zero-order valence-corrected chi connectivity index (χ0v) is 10.9. The number of hydrogen-bond acceptors (Lipinski definition) is 3. The number of nitrogens with one attached hydrogen (secondary N) is 1. The summed E-state index contributed by atoms with van der Waals surface area (Å²) in [6.07, 6.45) is 2.31. The van der Waals surface area contributed by atoms with Crippen molar-refractivity contribution in [1.82, 2.24) is 0 Å². The minimum Gasteiger partial charge on any atom is -0.356 e. The molecule has 1 heterocycles. The van der Waals surface area contributed by atoms with Crippen LogP contribution >= 0.6 is 0 Å². The molecule has 0 atom stereocenters. The molecule has 0 amide bonds. The van der Waals surface area contributed by atoms with Crippen LogP contribution in [0.4, 0.5) is 11.4 Å². The van der Waals surface area contributed by atoms with E-state index >= 15 is 0 Å². The first-order chi connectivity index (χ1) is 9.45. The van der Waals surface area contributed by atoms with Gasteiger partial charge in [0.15, 0.2) is 0 Å². The van der Waals surface area contributed by atoms with Crippen LogP contribution in [0.1, 0.15) is 12.8 Å². The molecule has 1 fully saturated rings. The van der Waals surface area contributed by atoms with E-state index in [0.29, 0.717) is 0 Å². The van der Waals surface area contributed by atoms with E-state index in [-0.39, 0.29) is 0 Å². The molecule has 0 aromatic heterocycles. The molecule has 3 nitrogen and oxygen atoms in total. The lowest BCUT2D eigenvalue weighted by atomic mass is 10.3. The fourth-order valence-electron chi connectivity index (χ4n) is 1.65. The number of para-hydroxylation sites is 2. The highest BCUT2D eigenvalue weighted by molar-refractivity contribution is 5.58. The summed E-state index contributed by atoms with van der Waals surface area (Å²) in [4.78, 5) is 9.14. The first-order valence-corrected chi connectivity index (χ1v) is 6.57. The third-order valence-corrected chi connectivity index (χ3v) is 2.62. The van der Waals surface area contributed by atoms with Gasteiger partial charge in [-0.1, -0.05) is 36.4 Å². The van der Waals surface area contributed by atoms with E-state index in [4.69, 9.17) is 0 Å². The number of rotatable bonds is 2. The Morgan fingerprint density at radius 2 is 1.05 bits per heavy atom. The highest BCUT2D eigenvalue weighted by Crippen LogP contribution is 2.14. The first kappa shape index (κ1) is 13.6. The minimum absolute atomic E-state index is 0.778. The molecular formula is C16H19NO2. The van der Waals surface area contributed by atoms with Crippen molar-refractivity contribution < 1.29 is 9.78 Å². The Kier molecular flexibility index (Phi) is 5.93. The van der Waals surface area contributed by atoms with Crippen molar-refractivity contribution in [1.29, 1.82) is 0 Å². The Balaban J connectivity index is 0.000000186. The van der Waals surface area contributed by atoms with Gasteiger partial charge in [0.1, 0.15) is 0 Å². The van der Waals surface area contributed by atoms with Gasteiger partial charge >= 0.3 is 0 Å². The minimum atomic E-state index is 0.778. The Morgan fingerprint density at radius 3 is 1.37 bits per heavy atom. The maximum Gasteiger partial charge on any atom is 0.0823 e. The average Bonchev–Trinajstić information content (AvgIpc) is 2.52. The van der Waals surface area contributed by atoms with Gasteiger partial charge in [0.2, 0.25) is 0 Å². The third kappa shape index (κ3) is 5.55. The molecule has 100 valence electrons. The third-order valence-electron chi connectivity index (χ3n) is 2.62. The summed E-state index contributed by atoms with van der Waals surface area (Å²) in [6.45, 7) is 1.56. The van der Waals surface area contributed by atoms with Gasteiger partial charge in [-0.2, -0.15) is 0 Å². The van der Waals surface area contributed by atoms with Gasteiger partial charge in [-0.15, -0.1) is 0 Å². The molecular weight excluding hydrogens is 238 g/mol. The van der Waals surface area contributed by atoms with Gasteiger partial charge in [0.05, 0.1) is 13.2 Å². The molecule has 3 rings (SSSR count). The predicted octanol–water partition coefficient (Wildman–Crippen LogP) is 4.16. The lowest BCUT2D eigenvalue weighted by Crippen LogP contribution is -2.05. The van der Waals surface area contributed by atoms with Crippen LogP contribution in [0.5, 0.6) is 0 Å². The fourth-order valence-corrected chi connectivity index (χ4v) is 1.65. The average molecular weight is 257 g/mol. The smallest absolute Gasteiger partial charge is 0.0823 e. The van der Waals surface area contributed by atoms with Crippen LogP contribution in [-0.2, 0) is 9.78 Å². The van der Waals surface area contributed by atoms with Gasteiger partial charge in [-0.05, 0) is 37.1 Å². The van der Waals surface area contributed by atoms with Crippen LogP contribution in [0.2, 0.25) is 0 Å². The second-order valence-electron chi connectivity index (χ2n) is 4.21. The molecule has 0 spiro atoms. The van der Waals surface area contributed by atoms with Crippen molar-refractivity contribution in [3.8, 4) is 0 Å². The van der Waals surface area contributed by atoms with Crippen LogP contribution in [0.25, 0.3) is 0 Å². The normalized spacial score (nSPS) is 14.1. The lowest BCUT2D eigenvalue weighted by Gasteiger charge is -2.07. The van der Waals surface area contributed by atoms with E-state index < -0.39 is 0 Å². The number of hydrogen-bond donors (Lipinski definition) is 1. The number of benzene rings is 2. The lowest BCUT2D eigenvalue weighted by molar-refractivity contribution is -0.312. The van der Waals surface area contributed by atoms with Crippen LogP contribution in [0.15, 0.2) is 60.7 Å². The predicted molar refractivity (Wildman–Crippen MR) is 77.3 cm³/mol. The molecule has 0 aliphatic carbocycles. The van der Waals surface area contributed by atoms with Gasteiger partial charge in [-0.3, -0.25) is 0 Å². The summed E-state index contributed by atoms with van der Waals surface area (Å²) < 4.78 is 0. The molecule has 3 heteroatoms. The topological polar surface area (TPSA) is 30.5 Å². The molecule has 19 heavy (non-hydrogen) atoms. The van der Waals surface area contributed by atoms with Crippen LogP contribution in [-0.4, -0.2) is 13.2 Å². The number of anilines is 2. The van der Waals surface area contributed by atoms with E-state index in [1.54, 1.807) is 0 Å². The second kappa shape index (κ2) is 8.29. The molecule has 0 saturated carbocycles. The molecule has 1 aliphatic heterocycles. The summed E-state index contributed by atoms with van der Waals surface area (Å²) in [5.41, 5.74) is 2.24. The van der Waals surface area contributed by atoms with E-state index in [2.05, 4.69) is 15.1 Å². The largest absolute Gasteiger partial charge is 0.356 e. The van der Waals surface area contributed by atoms with Crippen LogP contribution in [0.3, 0.4) is 0 Å².